The molecule has 2 aromatic rings. The lowest BCUT2D eigenvalue weighted by molar-refractivity contribution is 0.704. The van der Waals surface area contributed by atoms with Crippen molar-refractivity contribution in [1.29, 1.82) is 0 Å². The van der Waals surface area contributed by atoms with Crippen molar-refractivity contribution in [2.45, 2.75) is 46.6 Å². The lowest BCUT2D eigenvalue weighted by Gasteiger charge is -2.20. The largest absolute Gasteiger partial charge is 0.375 e. The zero-order valence-electron chi connectivity index (χ0n) is 14.1. The molecule has 2 rings (SSSR count). The third kappa shape index (κ3) is 4.04. The van der Waals surface area contributed by atoms with E-state index in [-0.39, 0.29) is 0 Å². The van der Waals surface area contributed by atoms with Crippen LogP contribution in [0.3, 0.4) is 0 Å². The monoisotopic (exact) mass is 319 g/mol. The fraction of sp³-hybridized carbons (Fsp3) is 0.500. The highest BCUT2D eigenvalue weighted by Crippen LogP contribution is 2.25. The Hall–Kier alpha value is -1.48. The molecule has 0 aliphatic heterocycles. The minimum atomic E-state index is 0.774. The third-order valence-corrected chi connectivity index (χ3v) is 4.51. The maximum atomic E-state index is 6.50. The Bertz CT molecular complexity index is 599. The topological polar surface area (TPSA) is 21.1 Å². The van der Waals surface area contributed by atoms with Gasteiger partial charge in [0.2, 0.25) is 0 Å². The van der Waals surface area contributed by atoms with Crippen molar-refractivity contribution in [2.24, 2.45) is 0 Å². The summed E-state index contributed by atoms with van der Waals surface area (Å²) in [4.78, 5) is 6.62. The van der Waals surface area contributed by atoms with Crippen molar-refractivity contribution in [3.63, 3.8) is 0 Å². The van der Waals surface area contributed by atoms with Crippen LogP contribution in [-0.4, -0.2) is 23.1 Å². The molecule has 0 aliphatic rings. The van der Waals surface area contributed by atoms with Gasteiger partial charge in [-0.15, -0.1) is 0 Å². The zero-order valence-corrected chi connectivity index (χ0v) is 14.8. The number of aromatic nitrogens is 2. The molecule has 22 heavy (non-hydrogen) atoms. The van der Waals surface area contributed by atoms with E-state index in [2.05, 4.69) is 53.5 Å². The number of imidazole rings is 1. The van der Waals surface area contributed by atoms with Gasteiger partial charge in [-0.3, -0.25) is 0 Å². The van der Waals surface area contributed by atoms with E-state index in [0.29, 0.717) is 0 Å². The smallest absolute Gasteiger partial charge is 0.106 e. The van der Waals surface area contributed by atoms with Gasteiger partial charge in [-0.1, -0.05) is 37.4 Å². The summed E-state index contributed by atoms with van der Waals surface area (Å²) in [6.45, 7) is 8.17. The molecule has 4 heteroatoms. The Kier molecular flexibility index (Phi) is 5.90. The second-order valence-corrected chi connectivity index (χ2v) is 6.34. The molecule has 0 N–H and O–H groups in total. The predicted molar refractivity (Wildman–Crippen MR) is 95.1 cm³/mol. The maximum Gasteiger partial charge on any atom is 0.106 e. The van der Waals surface area contributed by atoms with Gasteiger partial charge in [-0.05, 0) is 38.0 Å². The summed E-state index contributed by atoms with van der Waals surface area (Å²) >= 11 is 6.50. The van der Waals surface area contributed by atoms with Crippen LogP contribution in [0, 0.1) is 13.8 Å². The lowest BCUT2D eigenvalue weighted by atomic mass is 10.1. The molecule has 3 nitrogen and oxygen atoms in total. The SMILES string of the molecule is CCCCCN(C)c1ccc(Cn2c(C)cnc2C)c(Cl)c1. The molecule has 0 unspecified atom stereocenters. The Labute approximate surface area is 138 Å². The number of anilines is 1. The van der Waals surface area contributed by atoms with Crippen LogP contribution in [0.2, 0.25) is 5.02 Å². The minimum absolute atomic E-state index is 0.774. The fourth-order valence-corrected chi connectivity index (χ4v) is 2.86. The molecule has 0 saturated carbocycles. The normalized spacial score (nSPS) is 11.0. The van der Waals surface area contributed by atoms with Gasteiger partial charge in [-0.2, -0.15) is 0 Å². The second kappa shape index (κ2) is 7.68. The quantitative estimate of drug-likeness (QED) is 0.682. The molecule has 0 spiro atoms. The van der Waals surface area contributed by atoms with E-state index in [1.807, 2.05) is 13.1 Å². The van der Waals surface area contributed by atoms with Crippen molar-refractivity contribution in [1.82, 2.24) is 9.55 Å². The molecule has 0 fully saturated rings. The number of nitrogens with zero attached hydrogens (tertiary/aromatic N) is 3. The number of hydrogen-bond donors (Lipinski definition) is 0. The second-order valence-electron chi connectivity index (χ2n) is 5.94. The van der Waals surface area contributed by atoms with E-state index >= 15 is 0 Å². The summed E-state index contributed by atoms with van der Waals surface area (Å²) in [6, 6.07) is 6.37. The molecule has 1 heterocycles. The van der Waals surface area contributed by atoms with Gasteiger partial charge in [0.25, 0.3) is 0 Å². The van der Waals surface area contributed by atoms with E-state index in [4.69, 9.17) is 11.6 Å². The number of hydrogen-bond acceptors (Lipinski definition) is 2. The maximum absolute atomic E-state index is 6.50. The number of rotatable bonds is 7. The summed E-state index contributed by atoms with van der Waals surface area (Å²) in [5.41, 5.74) is 3.48. The molecule has 1 aromatic heterocycles. The van der Waals surface area contributed by atoms with Crippen molar-refractivity contribution in [2.75, 3.05) is 18.5 Å². The third-order valence-electron chi connectivity index (χ3n) is 4.16. The first-order valence-electron chi connectivity index (χ1n) is 8.01. The van der Waals surface area contributed by atoms with E-state index < -0.39 is 0 Å². The Morgan fingerprint density at radius 1 is 1.23 bits per heavy atom. The number of aryl methyl sites for hydroxylation is 2. The van der Waals surface area contributed by atoms with Crippen LogP contribution in [0.25, 0.3) is 0 Å². The van der Waals surface area contributed by atoms with Gasteiger partial charge >= 0.3 is 0 Å². The van der Waals surface area contributed by atoms with E-state index in [9.17, 15) is 0 Å². The molecule has 1 aromatic carbocycles. The van der Waals surface area contributed by atoms with Gasteiger partial charge in [0.05, 0.1) is 6.54 Å². The van der Waals surface area contributed by atoms with Crippen LogP contribution in [0.1, 0.15) is 43.3 Å². The summed E-state index contributed by atoms with van der Waals surface area (Å²) in [6.07, 6.45) is 5.64. The fourth-order valence-electron chi connectivity index (χ4n) is 2.62. The number of benzene rings is 1. The van der Waals surface area contributed by atoms with Gasteiger partial charge in [-0.25, -0.2) is 4.98 Å². The Morgan fingerprint density at radius 2 is 2.00 bits per heavy atom. The predicted octanol–water partition coefficient (Wildman–Crippen LogP) is 4.83. The lowest BCUT2D eigenvalue weighted by Crippen LogP contribution is -2.18. The van der Waals surface area contributed by atoms with E-state index in [0.717, 1.165) is 35.2 Å². The van der Waals surface area contributed by atoms with Crippen LogP contribution in [-0.2, 0) is 6.54 Å². The van der Waals surface area contributed by atoms with Crippen molar-refractivity contribution >= 4 is 17.3 Å². The van der Waals surface area contributed by atoms with Gasteiger partial charge in [0, 0.05) is 36.2 Å². The highest BCUT2D eigenvalue weighted by molar-refractivity contribution is 6.31. The molecule has 0 saturated heterocycles. The van der Waals surface area contributed by atoms with Gasteiger partial charge < -0.3 is 9.47 Å². The Balaban J connectivity index is 2.09. The summed E-state index contributed by atoms with van der Waals surface area (Å²) < 4.78 is 2.19. The molecule has 0 bridgehead atoms. The first-order chi connectivity index (χ1) is 10.5. The summed E-state index contributed by atoms with van der Waals surface area (Å²) in [5, 5.41) is 0.826. The average Bonchev–Trinajstić information content (AvgIpc) is 2.81. The van der Waals surface area contributed by atoms with E-state index in [1.54, 1.807) is 0 Å². The van der Waals surface area contributed by atoms with Crippen LogP contribution in [0.4, 0.5) is 5.69 Å². The number of halogens is 1. The van der Waals surface area contributed by atoms with Crippen LogP contribution in [0.5, 0.6) is 0 Å². The number of unbranched alkanes of at least 4 members (excludes halogenated alkanes) is 2. The summed E-state index contributed by atoms with van der Waals surface area (Å²) in [7, 11) is 2.13. The van der Waals surface area contributed by atoms with Crippen LogP contribution in [0.15, 0.2) is 24.4 Å². The first kappa shape index (κ1) is 16.9. The first-order valence-corrected chi connectivity index (χ1v) is 8.39. The standard InChI is InChI=1S/C18H26ClN3/c1-5-6-7-10-21(4)17-9-8-16(18(19)11-17)13-22-14(2)12-20-15(22)3/h8-9,11-12H,5-7,10,13H2,1-4H3. The van der Waals surface area contributed by atoms with Gasteiger partial charge in [0.1, 0.15) is 5.82 Å². The highest BCUT2D eigenvalue weighted by atomic mass is 35.5. The molecule has 0 amide bonds. The molecular weight excluding hydrogens is 294 g/mol. The molecule has 0 radical (unpaired) electrons. The summed E-state index contributed by atoms with van der Waals surface area (Å²) in [5.74, 6) is 1.02. The molecule has 120 valence electrons. The zero-order chi connectivity index (χ0) is 16.1. The molecule has 0 aliphatic carbocycles. The Morgan fingerprint density at radius 3 is 2.59 bits per heavy atom. The molecular formula is C18H26ClN3. The van der Waals surface area contributed by atoms with Crippen LogP contribution >= 0.6 is 11.6 Å². The molecule has 0 atom stereocenters. The van der Waals surface area contributed by atoms with Gasteiger partial charge in [0.15, 0.2) is 0 Å². The average molecular weight is 320 g/mol. The van der Waals surface area contributed by atoms with Crippen molar-refractivity contribution in [3.8, 4) is 0 Å². The van der Waals surface area contributed by atoms with Crippen molar-refractivity contribution in [3.05, 3.63) is 46.5 Å². The van der Waals surface area contributed by atoms with E-state index in [1.165, 1.54) is 24.9 Å². The minimum Gasteiger partial charge on any atom is -0.375 e. The van der Waals surface area contributed by atoms with Crippen molar-refractivity contribution < 1.29 is 0 Å². The van der Waals surface area contributed by atoms with Crippen LogP contribution < -0.4 is 4.90 Å². The highest BCUT2D eigenvalue weighted by Gasteiger charge is 2.09.